The molecule has 0 aromatic heterocycles. The molecule has 0 heterocycles. The predicted molar refractivity (Wildman–Crippen MR) is 80.7 cm³/mol. The van der Waals surface area contributed by atoms with Crippen LogP contribution < -0.4 is 5.32 Å². The molecule has 1 atom stereocenters. The van der Waals surface area contributed by atoms with Gasteiger partial charge in [-0.2, -0.15) is 0 Å². The number of nitrogens with one attached hydrogen (secondary N) is 1. The summed E-state index contributed by atoms with van der Waals surface area (Å²) in [6.45, 7) is 7.18. The van der Waals surface area contributed by atoms with Crippen LogP contribution in [0.15, 0.2) is 24.3 Å². The lowest BCUT2D eigenvalue weighted by atomic mass is 9.83. The highest BCUT2D eigenvalue weighted by molar-refractivity contribution is 5.32. The molecule has 1 aliphatic carbocycles. The first kappa shape index (κ1) is 14.5. The Kier molecular flexibility index (Phi) is 5.87. The molecule has 0 aliphatic heterocycles. The van der Waals surface area contributed by atoms with Crippen molar-refractivity contribution in [2.24, 2.45) is 0 Å². The fourth-order valence-electron chi connectivity index (χ4n) is 2.82. The number of aryl methyl sites for hydroxylation is 1. The quantitative estimate of drug-likeness (QED) is 0.758. The van der Waals surface area contributed by atoms with Crippen molar-refractivity contribution in [3.63, 3.8) is 0 Å². The third-order valence-corrected chi connectivity index (χ3v) is 3.83. The van der Waals surface area contributed by atoms with Crippen molar-refractivity contribution < 1.29 is 4.74 Å². The standard InChI is InChI=1S/C17H27NO/c1-14(2)18-11-6-12-19-13-16-9-5-8-15-7-3-4-10-17(15)16/h3-4,7,10,14,16,18H,5-6,8-9,11-13H2,1-2H3. The average molecular weight is 261 g/mol. The summed E-state index contributed by atoms with van der Waals surface area (Å²) in [4.78, 5) is 0. The minimum Gasteiger partial charge on any atom is -0.381 e. The molecule has 19 heavy (non-hydrogen) atoms. The van der Waals surface area contributed by atoms with Crippen LogP contribution in [0.5, 0.6) is 0 Å². The van der Waals surface area contributed by atoms with Gasteiger partial charge in [0, 0.05) is 18.6 Å². The van der Waals surface area contributed by atoms with Gasteiger partial charge >= 0.3 is 0 Å². The zero-order valence-corrected chi connectivity index (χ0v) is 12.3. The van der Waals surface area contributed by atoms with Gasteiger partial charge < -0.3 is 10.1 Å². The Morgan fingerprint density at radius 2 is 2.16 bits per heavy atom. The van der Waals surface area contributed by atoms with Crippen LogP contribution in [0.2, 0.25) is 0 Å². The Bertz CT molecular complexity index is 375. The van der Waals surface area contributed by atoms with E-state index in [9.17, 15) is 0 Å². The molecular formula is C17H27NO. The van der Waals surface area contributed by atoms with Crippen molar-refractivity contribution in [1.82, 2.24) is 5.32 Å². The van der Waals surface area contributed by atoms with Gasteiger partial charge in [-0.1, -0.05) is 38.1 Å². The first-order valence-corrected chi connectivity index (χ1v) is 7.66. The second kappa shape index (κ2) is 7.66. The van der Waals surface area contributed by atoms with E-state index in [1.807, 2.05) is 0 Å². The number of hydrogen-bond donors (Lipinski definition) is 1. The van der Waals surface area contributed by atoms with Crippen LogP contribution in [0.25, 0.3) is 0 Å². The molecule has 2 rings (SSSR count). The highest BCUT2D eigenvalue weighted by Crippen LogP contribution is 2.31. The third-order valence-electron chi connectivity index (χ3n) is 3.83. The van der Waals surface area contributed by atoms with Crippen LogP contribution in [0.1, 0.15) is 50.2 Å². The van der Waals surface area contributed by atoms with E-state index in [0.29, 0.717) is 12.0 Å². The molecule has 1 unspecified atom stereocenters. The zero-order valence-electron chi connectivity index (χ0n) is 12.3. The molecule has 2 heteroatoms. The molecule has 1 aliphatic rings. The van der Waals surface area contributed by atoms with Gasteiger partial charge in [-0.3, -0.25) is 0 Å². The summed E-state index contributed by atoms with van der Waals surface area (Å²) in [6, 6.07) is 9.44. The van der Waals surface area contributed by atoms with Gasteiger partial charge in [-0.25, -0.2) is 0 Å². The number of benzene rings is 1. The first-order chi connectivity index (χ1) is 9.27. The summed E-state index contributed by atoms with van der Waals surface area (Å²) in [5.41, 5.74) is 3.05. The predicted octanol–water partition coefficient (Wildman–Crippen LogP) is 3.51. The van der Waals surface area contributed by atoms with E-state index in [2.05, 4.69) is 43.4 Å². The molecule has 0 spiro atoms. The van der Waals surface area contributed by atoms with E-state index in [1.54, 1.807) is 0 Å². The van der Waals surface area contributed by atoms with Crippen molar-refractivity contribution in [2.75, 3.05) is 19.8 Å². The fraction of sp³-hybridized carbons (Fsp3) is 0.647. The molecule has 106 valence electrons. The maximum atomic E-state index is 5.87. The lowest BCUT2D eigenvalue weighted by Gasteiger charge is -2.25. The van der Waals surface area contributed by atoms with Gasteiger partial charge in [0.05, 0.1) is 6.61 Å². The van der Waals surface area contributed by atoms with Crippen molar-refractivity contribution in [3.8, 4) is 0 Å². The van der Waals surface area contributed by atoms with E-state index in [1.165, 1.54) is 30.4 Å². The van der Waals surface area contributed by atoms with Crippen LogP contribution in [0, 0.1) is 0 Å². The van der Waals surface area contributed by atoms with E-state index in [0.717, 1.165) is 26.2 Å². The van der Waals surface area contributed by atoms with Crippen LogP contribution in [0.3, 0.4) is 0 Å². The molecule has 0 amide bonds. The fourth-order valence-corrected chi connectivity index (χ4v) is 2.82. The first-order valence-electron chi connectivity index (χ1n) is 7.66. The summed E-state index contributed by atoms with van der Waals surface area (Å²) >= 11 is 0. The zero-order chi connectivity index (χ0) is 13.5. The molecule has 0 fully saturated rings. The van der Waals surface area contributed by atoms with Gasteiger partial charge in [0.25, 0.3) is 0 Å². The topological polar surface area (TPSA) is 21.3 Å². The van der Waals surface area contributed by atoms with Crippen molar-refractivity contribution in [3.05, 3.63) is 35.4 Å². The number of fused-ring (bicyclic) bond motifs is 1. The molecule has 1 aromatic rings. The molecular weight excluding hydrogens is 234 g/mol. The Morgan fingerprint density at radius 1 is 1.32 bits per heavy atom. The second-order valence-corrected chi connectivity index (χ2v) is 5.83. The molecule has 0 saturated carbocycles. The van der Waals surface area contributed by atoms with Gasteiger partial charge in [-0.05, 0) is 43.4 Å². The van der Waals surface area contributed by atoms with Crippen LogP contribution in [-0.4, -0.2) is 25.8 Å². The third kappa shape index (κ3) is 4.63. The van der Waals surface area contributed by atoms with E-state index >= 15 is 0 Å². The molecule has 0 radical (unpaired) electrons. The summed E-state index contributed by atoms with van der Waals surface area (Å²) < 4.78 is 5.87. The molecule has 0 saturated heterocycles. The van der Waals surface area contributed by atoms with Crippen LogP contribution >= 0.6 is 0 Å². The minimum atomic E-state index is 0.574. The Hall–Kier alpha value is -0.860. The van der Waals surface area contributed by atoms with Crippen molar-refractivity contribution in [1.29, 1.82) is 0 Å². The summed E-state index contributed by atoms with van der Waals surface area (Å²) in [5, 5.41) is 3.42. The SMILES string of the molecule is CC(C)NCCCOCC1CCCc2ccccc21. The smallest absolute Gasteiger partial charge is 0.0534 e. The number of rotatable bonds is 7. The highest BCUT2D eigenvalue weighted by atomic mass is 16.5. The van der Waals surface area contributed by atoms with Gasteiger partial charge in [0.1, 0.15) is 0 Å². The number of ether oxygens (including phenoxy) is 1. The van der Waals surface area contributed by atoms with Crippen molar-refractivity contribution >= 4 is 0 Å². The lowest BCUT2D eigenvalue weighted by molar-refractivity contribution is 0.113. The van der Waals surface area contributed by atoms with E-state index < -0.39 is 0 Å². The van der Waals surface area contributed by atoms with Crippen molar-refractivity contribution in [2.45, 2.75) is 51.5 Å². The maximum absolute atomic E-state index is 5.87. The summed E-state index contributed by atoms with van der Waals surface area (Å²) in [5.74, 6) is 0.614. The Balaban J connectivity index is 1.70. The molecule has 1 N–H and O–H groups in total. The van der Waals surface area contributed by atoms with Crippen LogP contribution in [-0.2, 0) is 11.2 Å². The van der Waals surface area contributed by atoms with E-state index in [-0.39, 0.29) is 0 Å². The largest absolute Gasteiger partial charge is 0.381 e. The highest BCUT2D eigenvalue weighted by Gasteiger charge is 2.19. The summed E-state index contributed by atoms with van der Waals surface area (Å²) in [6.07, 6.45) is 4.93. The van der Waals surface area contributed by atoms with E-state index in [4.69, 9.17) is 4.74 Å². The molecule has 2 nitrogen and oxygen atoms in total. The molecule has 1 aromatic carbocycles. The summed E-state index contributed by atoms with van der Waals surface area (Å²) in [7, 11) is 0. The average Bonchev–Trinajstić information content (AvgIpc) is 2.42. The Morgan fingerprint density at radius 3 is 3.00 bits per heavy atom. The molecule has 0 bridgehead atoms. The van der Waals surface area contributed by atoms with Gasteiger partial charge in [0.15, 0.2) is 0 Å². The Labute approximate surface area is 117 Å². The van der Waals surface area contributed by atoms with Gasteiger partial charge in [0.2, 0.25) is 0 Å². The normalized spacial score (nSPS) is 18.6. The number of hydrogen-bond acceptors (Lipinski definition) is 2. The second-order valence-electron chi connectivity index (χ2n) is 5.83. The van der Waals surface area contributed by atoms with Crippen LogP contribution in [0.4, 0.5) is 0 Å². The van der Waals surface area contributed by atoms with Gasteiger partial charge in [-0.15, -0.1) is 0 Å². The maximum Gasteiger partial charge on any atom is 0.0534 e. The minimum absolute atomic E-state index is 0.574. The monoisotopic (exact) mass is 261 g/mol. The lowest BCUT2D eigenvalue weighted by Crippen LogP contribution is -2.24.